The summed E-state index contributed by atoms with van der Waals surface area (Å²) in [5, 5.41) is 0. The minimum atomic E-state index is -0.388. The van der Waals surface area contributed by atoms with E-state index in [2.05, 4.69) is 160 Å². The molecule has 19 aromatic heterocycles. The third kappa shape index (κ3) is 18.8. The van der Waals surface area contributed by atoms with Crippen LogP contribution in [0.4, 0.5) is 34.1 Å². The topological polar surface area (TPSA) is 350 Å². The number of fused-ring (bicyclic) bond motifs is 5. The maximum Gasteiger partial charge on any atom is 0.225 e. The molecule has 5 fully saturated rings. The van der Waals surface area contributed by atoms with Crippen molar-refractivity contribution in [2.24, 2.45) is 0 Å². The number of aryl methyl sites for hydroxylation is 4. The van der Waals surface area contributed by atoms with E-state index < -0.39 is 0 Å². The molecule has 5 saturated heterocycles. The Kier molecular flexibility index (Phi) is 25.1. The third-order valence-electron chi connectivity index (χ3n) is 24.8. The number of hydrogen-bond donors (Lipinski definition) is 0. The SMILES string of the molecule is Cc1ccc(-n2c(-c3cnc(N4CCCC4)nc3)nc3ccncc32)cc1.Cc1ccc(-n2c(-c3cnc(N4CCCC4)nc3)nc3ccncc32)nc1.Cc1ccc(-n2c(-c3cnc(N4CCCCC4)nc3)nc3ccncc32)cn1.Cc1ccc(-n2c(-c3cnc(N4CCCCC4)nc3)nc3ccncc32)nc1.Fc1ccc(-n2c(-c3cnc(N4CCCC4)nc3)nc3ccncc32)nc1. The smallest absolute Gasteiger partial charge is 0.225 e. The minimum absolute atomic E-state index is 0.388. The summed E-state index contributed by atoms with van der Waals surface area (Å²) < 4.78 is 23.4. The molecule has 0 unspecified atom stereocenters. The number of halogens is 1. The van der Waals surface area contributed by atoms with Gasteiger partial charge in [-0.25, -0.2) is 94.1 Å². The Hall–Kier alpha value is -16.8. The standard InChI is InChI=1S/2C21H21N7.C21H20N6.C20H19N7.C19H16FN7/c1-15-5-6-17(13-23-15)28-19-14-22-8-7-18(19)26-20(28)16-11-24-21(25-12-16)27-9-3-2-4-10-27;1-15-5-6-19(23-11-15)28-18-14-22-8-7-17(18)26-20(28)16-12-24-21(25-13-16)27-9-3-2-4-10-27;1-15-4-6-17(7-5-15)27-19-14-22-9-8-18(19)25-20(27)16-12-23-21(24-13-16)26-10-2-3-11-26;1-14-4-5-18(22-10-14)27-17-13-21-7-6-16(17)25-19(27)15-11-23-20(24-12-15)26-8-2-3-9-26;20-14-3-4-17(22-11-14)27-16-12-21-6-5-15(16)25-18(27)13-9-23-19(24-10-13)26-7-1-2-8-26/h2*5-8,11-14H,2-4,9-10H2,1H3;4-9,12-14H,2-3,10-11H2,1H3;4-7,10-13H,2-3,8-9H2,1H3;3-6,9-12H,1-2,7-8H2. The van der Waals surface area contributed by atoms with Crippen LogP contribution in [-0.2, 0) is 0 Å². The average molecular weight is 1820 g/mol. The molecule has 24 heterocycles. The number of aromatic nitrogens is 29. The van der Waals surface area contributed by atoms with Gasteiger partial charge in [0, 0.05) is 182 Å². The Labute approximate surface area is 787 Å². The van der Waals surface area contributed by atoms with Crippen LogP contribution in [0, 0.1) is 33.5 Å². The zero-order valence-corrected chi connectivity index (χ0v) is 76.3. The van der Waals surface area contributed by atoms with Crippen LogP contribution >= 0.6 is 0 Å². The minimum Gasteiger partial charge on any atom is -0.341 e. The van der Waals surface area contributed by atoms with E-state index in [1.807, 2.05) is 194 Å². The van der Waals surface area contributed by atoms with Crippen molar-refractivity contribution in [3.05, 3.63) is 280 Å². The van der Waals surface area contributed by atoms with Gasteiger partial charge in [0.25, 0.3) is 0 Å². The van der Waals surface area contributed by atoms with Gasteiger partial charge in [-0.1, -0.05) is 29.8 Å². The summed E-state index contributed by atoms with van der Waals surface area (Å²) in [7, 11) is 0. The molecule has 20 aromatic rings. The van der Waals surface area contributed by atoms with Crippen LogP contribution in [-0.4, -0.2) is 208 Å². The highest BCUT2D eigenvalue weighted by atomic mass is 19.1. The summed E-state index contributed by atoms with van der Waals surface area (Å²) in [4.78, 5) is 120. The van der Waals surface area contributed by atoms with Gasteiger partial charge >= 0.3 is 0 Å². The molecule has 5 aliphatic rings. The highest BCUT2D eigenvalue weighted by Gasteiger charge is 2.27. The maximum atomic E-state index is 13.3. The van der Waals surface area contributed by atoms with Crippen LogP contribution in [0.5, 0.6) is 0 Å². The van der Waals surface area contributed by atoms with Gasteiger partial charge < -0.3 is 24.5 Å². The zero-order valence-electron chi connectivity index (χ0n) is 76.3. The van der Waals surface area contributed by atoms with Gasteiger partial charge in [0.05, 0.1) is 132 Å². The molecular formula is C102H97FN34. The van der Waals surface area contributed by atoms with Crippen LogP contribution in [0.25, 0.3) is 141 Å². The van der Waals surface area contributed by atoms with Gasteiger partial charge in [0.15, 0.2) is 0 Å². The predicted octanol–water partition coefficient (Wildman–Crippen LogP) is 17.1. The summed E-state index contributed by atoms with van der Waals surface area (Å²) in [6.07, 6.45) is 57.5. The van der Waals surface area contributed by atoms with E-state index in [4.69, 9.17) is 24.9 Å². The first-order valence-corrected chi connectivity index (χ1v) is 46.4. The van der Waals surface area contributed by atoms with Crippen molar-refractivity contribution in [1.29, 1.82) is 0 Å². The maximum absolute atomic E-state index is 13.3. The molecule has 0 atom stereocenters. The van der Waals surface area contributed by atoms with Crippen LogP contribution in [0.1, 0.15) is 99.4 Å². The largest absolute Gasteiger partial charge is 0.341 e. The summed E-state index contributed by atoms with van der Waals surface area (Å²) in [6.45, 7) is 18.3. The van der Waals surface area contributed by atoms with Gasteiger partial charge in [-0.3, -0.25) is 52.7 Å². The molecule has 0 radical (unpaired) electrons. The van der Waals surface area contributed by atoms with Crippen LogP contribution in [0.15, 0.2) is 252 Å². The number of anilines is 5. The molecule has 137 heavy (non-hydrogen) atoms. The van der Waals surface area contributed by atoms with E-state index in [1.165, 1.54) is 94.9 Å². The van der Waals surface area contributed by atoms with E-state index in [9.17, 15) is 4.39 Å². The molecular weight excluding hydrogens is 1720 g/mol. The van der Waals surface area contributed by atoms with E-state index >= 15 is 0 Å². The molecule has 25 rings (SSSR count). The fourth-order valence-electron chi connectivity index (χ4n) is 17.7. The normalized spacial score (nSPS) is 14.3. The van der Waals surface area contributed by atoms with E-state index in [0.717, 1.165) is 241 Å². The van der Waals surface area contributed by atoms with Crippen molar-refractivity contribution in [1.82, 2.24) is 142 Å². The van der Waals surface area contributed by atoms with Crippen molar-refractivity contribution < 1.29 is 4.39 Å². The Morgan fingerprint density at radius 3 is 0.737 bits per heavy atom. The molecule has 682 valence electrons. The molecule has 0 N–H and O–H groups in total. The van der Waals surface area contributed by atoms with Gasteiger partial charge in [0.2, 0.25) is 29.7 Å². The summed E-state index contributed by atoms with van der Waals surface area (Å²) in [5.41, 5.74) is 19.5. The lowest BCUT2D eigenvalue weighted by Gasteiger charge is -2.26. The summed E-state index contributed by atoms with van der Waals surface area (Å²) >= 11 is 0. The van der Waals surface area contributed by atoms with Crippen molar-refractivity contribution in [2.75, 3.05) is 89.9 Å². The number of piperidine rings is 2. The number of pyridine rings is 9. The molecule has 0 bridgehead atoms. The molecule has 34 nitrogen and oxygen atoms in total. The van der Waals surface area contributed by atoms with Crippen LogP contribution < -0.4 is 24.5 Å². The van der Waals surface area contributed by atoms with Gasteiger partial charge in [-0.2, -0.15) is 0 Å². The average Bonchev–Trinajstić information content (AvgIpc) is 1.64. The highest BCUT2D eigenvalue weighted by molar-refractivity contribution is 5.87. The van der Waals surface area contributed by atoms with Gasteiger partial charge in [0.1, 0.15) is 52.4 Å². The third-order valence-corrected chi connectivity index (χ3v) is 24.8. The van der Waals surface area contributed by atoms with Crippen LogP contribution in [0.3, 0.4) is 0 Å². The van der Waals surface area contributed by atoms with Crippen LogP contribution in [0.2, 0.25) is 0 Å². The fraction of sp³-hybridized carbons (Fsp3) is 0.255. The Morgan fingerprint density at radius 2 is 0.467 bits per heavy atom. The summed E-state index contributed by atoms with van der Waals surface area (Å²) in [5.74, 6) is 9.49. The van der Waals surface area contributed by atoms with Crippen molar-refractivity contribution in [2.45, 2.75) is 105 Å². The van der Waals surface area contributed by atoms with E-state index in [0.29, 0.717) is 11.6 Å². The van der Waals surface area contributed by atoms with E-state index in [-0.39, 0.29) is 5.82 Å². The lowest BCUT2D eigenvalue weighted by Crippen LogP contribution is -2.30. The molecule has 0 amide bonds. The zero-order chi connectivity index (χ0) is 92.5. The molecule has 0 spiro atoms. The first kappa shape index (κ1) is 86.9. The second-order valence-corrected chi connectivity index (χ2v) is 34.4. The first-order valence-electron chi connectivity index (χ1n) is 46.4. The quantitative estimate of drug-likeness (QED) is 0.0920. The summed E-state index contributed by atoms with van der Waals surface area (Å²) in [6, 6.07) is 33.0. The number of hydrogen-bond acceptors (Lipinski definition) is 29. The van der Waals surface area contributed by atoms with Crippen molar-refractivity contribution in [3.63, 3.8) is 0 Å². The number of rotatable bonds is 15. The van der Waals surface area contributed by atoms with E-state index in [1.54, 1.807) is 55.6 Å². The van der Waals surface area contributed by atoms with Gasteiger partial charge in [-0.15, -0.1) is 0 Å². The molecule has 0 aliphatic carbocycles. The van der Waals surface area contributed by atoms with Gasteiger partial charge in [-0.05, 0) is 195 Å². The number of nitrogens with zero attached hydrogens (tertiary/aromatic N) is 34. The lowest BCUT2D eigenvalue weighted by molar-refractivity contribution is 0.568. The highest BCUT2D eigenvalue weighted by Crippen LogP contribution is 2.36. The molecule has 35 heteroatoms. The molecule has 0 saturated carbocycles. The molecule has 1 aromatic carbocycles. The predicted molar refractivity (Wildman–Crippen MR) is 526 cm³/mol. The van der Waals surface area contributed by atoms with Crippen molar-refractivity contribution in [3.8, 4) is 85.8 Å². The Morgan fingerprint density at radius 1 is 0.212 bits per heavy atom. The number of imidazole rings is 5. The fourth-order valence-corrected chi connectivity index (χ4v) is 17.7. The Balaban J connectivity index is 0.000000102. The monoisotopic (exact) mass is 1820 g/mol. The first-order chi connectivity index (χ1) is 67.5. The number of benzene rings is 1. The second-order valence-electron chi connectivity index (χ2n) is 34.4. The van der Waals surface area contributed by atoms with Crippen molar-refractivity contribution >= 4 is 84.9 Å². The second kappa shape index (κ2) is 39.6. The lowest BCUT2D eigenvalue weighted by atomic mass is 10.1. The molecule has 5 aliphatic heterocycles. The Bertz CT molecular complexity index is 6910.